The van der Waals surface area contributed by atoms with E-state index in [4.69, 9.17) is 0 Å². The number of benzene rings is 3. The molecule has 0 aliphatic rings. The molecule has 3 rings (SSSR count). The molecule has 2 amide bonds. The standard InChI is InChI=1S/C26H29N3O2/c1-5-29(18(2)3)23-15-12-21(13-16-23)26(31)28-24-17-22(14-11-19(24)4)27-25(30)20-9-7-6-8-10-20/h6-18H,5H2,1-4H3,(H,27,30)(H,28,31). The SMILES string of the molecule is CCN(c1ccc(C(=O)Nc2cc(NC(=O)c3ccccc3)ccc2C)cc1)C(C)C. The zero-order chi connectivity index (χ0) is 22.4. The average Bonchev–Trinajstić information content (AvgIpc) is 2.77. The summed E-state index contributed by atoms with van der Waals surface area (Å²) < 4.78 is 0. The van der Waals surface area contributed by atoms with Crippen molar-refractivity contribution in [2.45, 2.75) is 33.7 Å². The highest BCUT2D eigenvalue weighted by atomic mass is 16.2. The van der Waals surface area contributed by atoms with Gasteiger partial charge in [-0.25, -0.2) is 0 Å². The van der Waals surface area contributed by atoms with Gasteiger partial charge in [0.15, 0.2) is 0 Å². The fourth-order valence-corrected chi connectivity index (χ4v) is 3.47. The summed E-state index contributed by atoms with van der Waals surface area (Å²) in [5, 5.41) is 5.84. The van der Waals surface area contributed by atoms with Crippen LogP contribution in [0, 0.1) is 6.92 Å². The number of carbonyl (C=O) groups is 2. The molecule has 0 aliphatic heterocycles. The van der Waals surface area contributed by atoms with Crippen molar-refractivity contribution in [2.75, 3.05) is 22.1 Å². The van der Waals surface area contributed by atoms with Crippen LogP contribution in [-0.2, 0) is 0 Å². The summed E-state index contributed by atoms with van der Waals surface area (Å²) in [6.45, 7) is 9.24. The fraction of sp³-hybridized carbons (Fsp3) is 0.231. The fourth-order valence-electron chi connectivity index (χ4n) is 3.47. The van der Waals surface area contributed by atoms with Crippen molar-refractivity contribution < 1.29 is 9.59 Å². The molecule has 5 heteroatoms. The lowest BCUT2D eigenvalue weighted by atomic mass is 10.1. The van der Waals surface area contributed by atoms with Gasteiger partial charge in [0.2, 0.25) is 0 Å². The number of amides is 2. The maximum atomic E-state index is 12.8. The molecular weight excluding hydrogens is 386 g/mol. The van der Waals surface area contributed by atoms with Gasteiger partial charge in [0.05, 0.1) is 0 Å². The topological polar surface area (TPSA) is 61.4 Å². The van der Waals surface area contributed by atoms with Crippen molar-refractivity contribution in [3.8, 4) is 0 Å². The molecule has 0 atom stereocenters. The van der Waals surface area contributed by atoms with Crippen LogP contribution in [0.15, 0.2) is 72.8 Å². The minimum absolute atomic E-state index is 0.186. The molecule has 0 aliphatic carbocycles. The summed E-state index contributed by atoms with van der Waals surface area (Å²) in [5.41, 5.74) is 4.46. The minimum atomic E-state index is -0.192. The summed E-state index contributed by atoms with van der Waals surface area (Å²) in [4.78, 5) is 27.5. The molecule has 0 bridgehead atoms. The largest absolute Gasteiger partial charge is 0.369 e. The summed E-state index contributed by atoms with van der Waals surface area (Å²) in [6, 6.07) is 22.5. The first-order chi connectivity index (χ1) is 14.9. The van der Waals surface area contributed by atoms with Gasteiger partial charge in [0.25, 0.3) is 11.8 Å². The Morgan fingerprint density at radius 3 is 2.06 bits per heavy atom. The zero-order valence-electron chi connectivity index (χ0n) is 18.5. The van der Waals surface area contributed by atoms with E-state index in [2.05, 4.69) is 36.3 Å². The average molecular weight is 416 g/mol. The van der Waals surface area contributed by atoms with Crippen molar-refractivity contribution in [1.82, 2.24) is 0 Å². The van der Waals surface area contributed by atoms with Crippen LogP contribution >= 0.6 is 0 Å². The lowest BCUT2D eigenvalue weighted by molar-refractivity contribution is 0.101. The maximum Gasteiger partial charge on any atom is 0.255 e. The van der Waals surface area contributed by atoms with Gasteiger partial charge in [-0.3, -0.25) is 9.59 Å². The maximum absolute atomic E-state index is 12.8. The quantitative estimate of drug-likeness (QED) is 0.518. The molecule has 31 heavy (non-hydrogen) atoms. The van der Waals surface area contributed by atoms with Crippen LogP contribution in [0.4, 0.5) is 17.1 Å². The molecule has 0 unspecified atom stereocenters. The Labute approximate surface area is 184 Å². The highest BCUT2D eigenvalue weighted by Crippen LogP contribution is 2.23. The van der Waals surface area contributed by atoms with Crippen molar-refractivity contribution >= 4 is 28.9 Å². The van der Waals surface area contributed by atoms with E-state index < -0.39 is 0 Å². The second kappa shape index (κ2) is 9.94. The van der Waals surface area contributed by atoms with Crippen LogP contribution in [0.1, 0.15) is 47.1 Å². The number of nitrogens with one attached hydrogen (secondary N) is 2. The van der Waals surface area contributed by atoms with E-state index >= 15 is 0 Å². The smallest absolute Gasteiger partial charge is 0.255 e. The van der Waals surface area contributed by atoms with Crippen LogP contribution in [0.3, 0.4) is 0 Å². The molecule has 5 nitrogen and oxygen atoms in total. The van der Waals surface area contributed by atoms with Crippen LogP contribution < -0.4 is 15.5 Å². The van der Waals surface area contributed by atoms with Crippen molar-refractivity contribution in [3.63, 3.8) is 0 Å². The van der Waals surface area contributed by atoms with Gasteiger partial charge >= 0.3 is 0 Å². The third-order valence-electron chi connectivity index (χ3n) is 5.20. The number of nitrogens with zero attached hydrogens (tertiary/aromatic N) is 1. The number of carbonyl (C=O) groups excluding carboxylic acids is 2. The first-order valence-corrected chi connectivity index (χ1v) is 10.5. The normalized spacial score (nSPS) is 10.6. The van der Waals surface area contributed by atoms with Crippen LogP contribution in [0.25, 0.3) is 0 Å². The molecule has 0 saturated heterocycles. The summed E-state index contributed by atoms with van der Waals surface area (Å²) in [6.07, 6.45) is 0. The number of aryl methyl sites for hydroxylation is 1. The van der Waals surface area contributed by atoms with Crippen LogP contribution in [0.5, 0.6) is 0 Å². The molecule has 3 aromatic rings. The Morgan fingerprint density at radius 1 is 0.839 bits per heavy atom. The van der Waals surface area contributed by atoms with E-state index in [1.165, 1.54) is 0 Å². The van der Waals surface area contributed by atoms with Crippen LogP contribution in [-0.4, -0.2) is 24.4 Å². The second-order valence-corrected chi connectivity index (χ2v) is 7.73. The molecule has 0 aromatic heterocycles. The van der Waals surface area contributed by atoms with Crippen molar-refractivity contribution in [1.29, 1.82) is 0 Å². The lowest BCUT2D eigenvalue weighted by Crippen LogP contribution is -2.30. The Bertz CT molecular complexity index is 1040. The number of anilines is 3. The van der Waals surface area contributed by atoms with Crippen molar-refractivity contribution in [2.24, 2.45) is 0 Å². The molecule has 3 aromatic carbocycles. The zero-order valence-corrected chi connectivity index (χ0v) is 18.5. The van der Waals surface area contributed by atoms with E-state index in [0.717, 1.165) is 17.8 Å². The summed E-state index contributed by atoms with van der Waals surface area (Å²) in [5.74, 6) is -0.378. The van der Waals surface area contributed by atoms with Crippen LogP contribution in [0.2, 0.25) is 0 Å². The van der Waals surface area contributed by atoms with Gasteiger partial charge in [0, 0.05) is 40.8 Å². The molecule has 0 fully saturated rings. The third kappa shape index (κ3) is 5.51. The van der Waals surface area contributed by atoms with Gasteiger partial charge in [0.1, 0.15) is 0 Å². The van der Waals surface area contributed by atoms with E-state index in [1.807, 2.05) is 61.5 Å². The first kappa shape index (κ1) is 22.1. The number of hydrogen-bond donors (Lipinski definition) is 2. The van der Waals surface area contributed by atoms with Gasteiger partial charge in [-0.05, 0) is 81.8 Å². The number of rotatable bonds is 7. The van der Waals surface area contributed by atoms with Gasteiger partial charge in [-0.1, -0.05) is 24.3 Å². The predicted molar refractivity (Wildman–Crippen MR) is 128 cm³/mol. The van der Waals surface area contributed by atoms with E-state index in [-0.39, 0.29) is 11.8 Å². The Balaban J connectivity index is 1.72. The number of hydrogen-bond acceptors (Lipinski definition) is 3. The molecular formula is C26H29N3O2. The first-order valence-electron chi connectivity index (χ1n) is 10.5. The van der Waals surface area contributed by atoms with Gasteiger partial charge < -0.3 is 15.5 Å². The molecule has 0 radical (unpaired) electrons. The van der Waals surface area contributed by atoms with Gasteiger partial charge in [-0.15, -0.1) is 0 Å². The monoisotopic (exact) mass is 415 g/mol. The lowest BCUT2D eigenvalue weighted by Gasteiger charge is -2.27. The Morgan fingerprint density at radius 2 is 1.45 bits per heavy atom. The second-order valence-electron chi connectivity index (χ2n) is 7.73. The van der Waals surface area contributed by atoms with Gasteiger partial charge in [-0.2, -0.15) is 0 Å². The Kier molecular flexibility index (Phi) is 7.08. The predicted octanol–water partition coefficient (Wildman–Crippen LogP) is 5.73. The molecule has 160 valence electrons. The van der Waals surface area contributed by atoms with E-state index in [1.54, 1.807) is 18.2 Å². The molecule has 0 spiro atoms. The summed E-state index contributed by atoms with van der Waals surface area (Å²) in [7, 11) is 0. The minimum Gasteiger partial charge on any atom is -0.369 e. The Hall–Kier alpha value is -3.60. The highest BCUT2D eigenvalue weighted by Gasteiger charge is 2.12. The molecule has 2 N–H and O–H groups in total. The molecule has 0 saturated carbocycles. The molecule has 0 heterocycles. The highest BCUT2D eigenvalue weighted by molar-refractivity contribution is 6.06. The summed E-state index contributed by atoms with van der Waals surface area (Å²) >= 11 is 0. The third-order valence-corrected chi connectivity index (χ3v) is 5.20. The van der Waals surface area contributed by atoms with Crippen molar-refractivity contribution in [3.05, 3.63) is 89.5 Å². The van der Waals surface area contributed by atoms with E-state index in [0.29, 0.717) is 28.5 Å². The van der Waals surface area contributed by atoms with E-state index in [9.17, 15) is 9.59 Å².